The highest BCUT2D eigenvalue weighted by Gasteiger charge is 2.28. The molecule has 2 aliphatic rings. The van der Waals surface area contributed by atoms with E-state index in [1.165, 1.54) is 11.1 Å². The van der Waals surface area contributed by atoms with Crippen molar-refractivity contribution in [1.29, 1.82) is 0 Å². The average Bonchev–Trinajstić information content (AvgIpc) is 3.01. The van der Waals surface area contributed by atoms with E-state index in [1.807, 2.05) is 0 Å². The Kier molecular flexibility index (Phi) is 3.79. The van der Waals surface area contributed by atoms with Gasteiger partial charge in [0.05, 0.1) is 0 Å². The highest BCUT2D eigenvalue weighted by atomic mass is 35.5. The van der Waals surface area contributed by atoms with Crippen molar-refractivity contribution in [2.45, 2.75) is 37.5 Å². The number of amides is 1. The van der Waals surface area contributed by atoms with Crippen molar-refractivity contribution in [2.24, 2.45) is 11.8 Å². The largest absolute Gasteiger partial charge is 0.356 e. The Morgan fingerprint density at radius 3 is 2.47 bits per heavy atom. The Hall–Kier alpha value is -1.02. The number of nitrogens with one attached hydrogen (secondary N) is 1. The van der Waals surface area contributed by atoms with Crippen molar-refractivity contribution in [3.05, 3.63) is 35.4 Å². The molecule has 1 aromatic rings. The first kappa shape index (κ1) is 13.0. The van der Waals surface area contributed by atoms with Crippen LogP contribution in [0.25, 0.3) is 0 Å². The molecule has 3 rings (SSSR count). The maximum absolute atomic E-state index is 12.2. The van der Waals surface area contributed by atoms with Crippen LogP contribution in [-0.4, -0.2) is 17.8 Å². The highest BCUT2D eigenvalue weighted by molar-refractivity contribution is 6.20. The van der Waals surface area contributed by atoms with Crippen LogP contribution in [0.3, 0.4) is 0 Å². The predicted molar refractivity (Wildman–Crippen MR) is 77.3 cm³/mol. The van der Waals surface area contributed by atoms with Crippen molar-refractivity contribution >= 4 is 17.5 Å². The molecule has 0 heterocycles. The van der Waals surface area contributed by atoms with E-state index in [9.17, 15) is 4.79 Å². The SMILES string of the molecule is O=C(NCC1CCC(Cl)C1)C1Cc2ccccc2C1. The smallest absolute Gasteiger partial charge is 0.223 e. The molecule has 1 N–H and O–H groups in total. The molecule has 0 bridgehead atoms. The number of alkyl halides is 1. The van der Waals surface area contributed by atoms with Crippen LogP contribution in [0.1, 0.15) is 30.4 Å². The van der Waals surface area contributed by atoms with Gasteiger partial charge in [-0.1, -0.05) is 24.3 Å². The van der Waals surface area contributed by atoms with Gasteiger partial charge >= 0.3 is 0 Å². The molecule has 19 heavy (non-hydrogen) atoms. The first-order valence-corrected chi connectivity index (χ1v) is 7.64. The number of benzene rings is 1. The minimum Gasteiger partial charge on any atom is -0.356 e. The van der Waals surface area contributed by atoms with Gasteiger partial charge in [0, 0.05) is 17.8 Å². The van der Waals surface area contributed by atoms with Crippen LogP contribution in [0.5, 0.6) is 0 Å². The molecule has 2 nitrogen and oxygen atoms in total. The van der Waals surface area contributed by atoms with E-state index in [-0.39, 0.29) is 11.8 Å². The van der Waals surface area contributed by atoms with Gasteiger partial charge in [-0.15, -0.1) is 11.6 Å². The molecule has 1 fully saturated rings. The van der Waals surface area contributed by atoms with E-state index >= 15 is 0 Å². The summed E-state index contributed by atoms with van der Waals surface area (Å²) < 4.78 is 0. The number of halogens is 1. The Morgan fingerprint density at radius 1 is 1.21 bits per heavy atom. The van der Waals surface area contributed by atoms with E-state index in [1.54, 1.807) is 0 Å². The molecule has 0 radical (unpaired) electrons. The van der Waals surface area contributed by atoms with Gasteiger partial charge < -0.3 is 5.32 Å². The quantitative estimate of drug-likeness (QED) is 0.846. The fraction of sp³-hybridized carbons (Fsp3) is 0.562. The molecule has 1 saturated carbocycles. The maximum atomic E-state index is 12.2. The summed E-state index contributed by atoms with van der Waals surface area (Å²) in [6, 6.07) is 8.38. The molecule has 0 aliphatic heterocycles. The summed E-state index contributed by atoms with van der Waals surface area (Å²) in [5.74, 6) is 0.926. The van der Waals surface area contributed by atoms with Gasteiger partial charge in [-0.2, -0.15) is 0 Å². The summed E-state index contributed by atoms with van der Waals surface area (Å²) in [5.41, 5.74) is 2.67. The van der Waals surface area contributed by atoms with Gasteiger partial charge in [0.2, 0.25) is 5.91 Å². The Bertz CT molecular complexity index is 449. The second-order valence-corrected chi connectivity index (χ2v) is 6.51. The predicted octanol–water partition coefficient (Wildman–Crippen LogP) is 2.93. The summed E-state index contributed by atoms with van der Waals surface area (Å²) in [6.07, 6.45) is 5.08. The van der Waals surface area contributed by atoms with Gasteiger partial charge in [0.15, 0.2) is 0 Å². The van der Waals surface area contributed by atoms with Crippen LogP contribution in [-0.2, 0) is 17.6 Å². The summed E-state index contributed by atoms with van der Waals surface area (Å²) >= 11 is 6.10. The molecule has 2 unspecified atom stereocenters. The van der Waals surface area contributed by atoms with Crippen molar-refractivity contribution in [3.63, 3.8) is 0 Å². The lowest BCUT2D eigenvalue weighted by molar-refractivity contribution is -0.124. The normalized spacial score (nSPS) is 26.4. The molecular formula is C16H20ClNO. The van der Waals surface area contributed by atoms with E-state index < -0.39 is 0 Å². The third kappa shape index (κ3) is 2.94. The summed E-state index contributed by atoms with van der Waals surface area (Å²) in [5, 5.41) is 3.44. The van der Waals surface area contributed by atoms with E-state index in [2.05, 4.69) is 29.6 Å². The molecule has 102 valence electrons. The highest BCUT2D eigenvalue weighted by Crippen LogP contribution is 2.29. The van der Waals surface area contributed by atoms with Gasteiger partial charge in [-0.25, -0.2) is 0 Å². The molecule has 1 aromatic carbocycles. The third-order valence-corrected chi connectivity index (χ3v) is 4.86. The zero-order chi connectivity index (χ0) is 13.2. The van der Waals surface area contributed by atoms with Crippen molar-refractivity contribution < 1.29 is 4.79 Å². The zero-order valence-corrected chi connectivity index (χ0v) is 11.8. The monoisotopic (exact) mass is 277 g/mol. The van der Waals surface area contributed by atoms with Crippen LogP contribution >= 0.6 is 11.6 Å². The van der Waals surface area contributed by atoms with Crippen LogP contribution in [0.4, 0.5) is 0 Å². The molecular weight excluding hydrogens is 258 g/mol. The van der Waals surface area contributed by atoms with Crippen LogP contribution in [0, 0.1) is 11.8 Å². The first-order valence-electron chi connectivity index (χ1n) is 7.21. The third-order valence-electron chi connectivity index (χ3n) is 4.46. The number of fused-ring (bicyclic) bond motifs is 1. The molecule has 0 spiro atoms. The Morgan fingerprint density at radius 2 is 1.89 bits per heavy atom. The van der Waals surface area contributed by atoms with Gasteiger partial charge in [-0.3, -0.25) is 4.79 Å². The lowest BCUT2D eigenvalue weighted by Gasteiger charge is -2.14. The van der Waals surface area contributed by atoms with E-state index in [4.69, 9.17) is 11.6 Å². The standard InChI is InChI=1S/C16H20ClNO/c17-15-6-5-11(7-15)10-18-16(19)14-8-12-3-1-2-4-13(12)9-14/h1-4,11,14-15H,5-10H2,(H,18,19). The summed E-state index contributed by atoms with van der Waals surface area (Å²) in [7, 11) is 0. The molecule has 0 aromatic heterocycles. The minimum atomic E-state index is 0.130. The number of carbonyl (C=O) groups excluding carboxylic acids is 1. The van der Waals surface area contributed by atoms with Crippen LogP contribution < -0.4 is 5.32 Å². The number of hydrogen-bond acceptors (Lipinski definition) is 1. The van der Waals surface area contributed by atoms with Crippen molar-refractivity contribution in [1.82, 2.24) is 5.32 Å². The average molecular weight is 278 g/mol. The first-order chi connectivity index (χ1) is 9.22. The maximum Gasteiger partial charge on any atom is 0.223 e. The molecule has 0 saturated heterocycles. The van der Waals surface area contributed by atoms with Gasteiger partial charge in [0.1, 0.15) is 0 Å². The molecule has 2 atom stereocenters. The van der Waals surface area contributed by atoms with Crippen molar-refractivity contribution in [3.8, 4) is 0 Å². The fourth-order valence-corrected chi connectivity index (χ4v) is 3.71. The van der Waals surface area contributed by atoms with Gasteiger partial charge in [-0.05, 0) is 49.1 Å². The second kappa shape index (κ2) is 5.54. The van der Waals surface area contributed by atoms with E-state index in [0.717, 1.165) is 38.6 Å². The Balaban J connectivity index is 1.50. The summed E-state index contributed by atoms with van der Waals surface area (Å²) in [4.78, 5) is 12.2. The van der Waals surface area contributed by atoms with Crippen molar-refractivity contribution in [2.75, 3.05) is 6.54 Å². The Labute approximate surface area is 119 Å². The number of carbonyl (C=O) groups is 1. The van der Waals surface area contributed by atoms with Crippen LogP contribution in [0.2, 0.25) is 0 Å². The lowest BCUT2D eigenvalue weighted by atomic mass is 10.0. The van der Waals surface area contributed by atoms with E-state index in [0.29, 0.717) is 11.3 Å². The minimum absolute atomic E-state index is 0.130. The lowest BCUT2D eigenvalue weighted by Crippen LogP contribution is -2.34. The molecule has 1 amide bonds. The van der Waals surface area contributed by atoms with Gasteiger partial charge in [0.25, 0.3) is 0 Å². The summed E-state index contributed by atoms with van der Waals surface area (Å²) in [6.45, 7) is 0.800. The fourth-order valence-electron chi connectivity index (χ4n) is 3.33. The number of hydrogen-bond donors (Lipinski definition) is 1. The second-order valence-electron chi connectivity index (χ2n) is 5.90. The van der Waals surface area contributed by atoms with Crippen LogP contribution in [0.15, 0.2) is 24.3 Å². The zero-order valence-electron chi connectivity index (χ0n) is 11.1. The molecule has 2 aliphatic carbocycles. The molecule has 3 heteroatoms. The topological polar surface area (TPSA) is 29.1 Å². The number of rotatable bonds is 3.